The third-order valence-electron chi connectivity index (χ3n) is 10.9. The molecule has 6 nitrogen and oxygen atoms in total. The van der Waals surface area contributed by atoms with Crippen molar-refractivity contribution in [3.05, 3.63) is 12.5 Å². The molecule has 34 heavy (non-hydrogen) atoms. The number of amides is 2. The van der Waals surface area contributed by atoms with Gasteiger partial charge in [0.1, 0.15) is 12.0 Å². The van der Waals surface area contributed by atoms with E-state index in [0.717, 1.165) is 56.3 Å². The van der Waals surface area contributed by atoms with Gasteiger partial charge in [-0.25, -0.2) is 9.97 Å². The molecule has 8 fully saturated rings. The van der Waals surface area contributed by atoms with E-state index in [-0.39, 0.29) is 22.6 Å². The number of aromatic nitrogens is 2. The molecule has 8 aliphatic carbocycles. The smallest absolute Gasteiger partial charge is 0.234 e. The topological polar surface area (TPSA) is 66.4 Å². The van der Waals surface area contributed by atoms with Crippen LogP contribution in [0.5, 0.6) is 0 Å². The average Bonchev–Trinajstić information content (AvgIpc) is 2.80. The number of hydrogen-bond donors (Lipinski definition) is 0. The van der Waals surface area contributed by atoms with Crippen LogP contribution in [-0.2, 0) is 9.59 Å². The van der Waals surface area contributed by atoms with E-state index in [0.29, 0.717) is 29.3 Å². The highest BCUT2D eigenvalue weighted by Crippen LogP contribution is 2.62. The fraction of sp³-hybridized carbons (Fsp3) is 0.786. The number of rotatable bonds is 4. The van der Waals surface area contributed by atoms with Crippen molar-refractivity contribution in [2.45, 2.75) is 77.0 Å². The first-order valence-electron chi connectivity index (χ1n) is 13.7. The van der Waals surface area contributed by atoms with Crippen molar-refractivity contribution < 1.29 is 9.59 Å². The van der Waals surface area contributed by atoms with E-state index < -0.39 is 0 Å². The van der Waals surface area contributed by atoms with E-state index in [1.807, 2.05) is 14.1 Å². The highest BCUT2D eigenvalue weighted by Gasteiger charge is 2.57. The molecule has 0 unspecified atom stereocenters. The van der Waals surface area contributed by atoms with Crippen molar-refractivity contribution >= 4 is 23.3 Å². The van der Waals surface area contributed by atoms with Crippen molar-refractivity contribution in [2.24, 2.45) is 46.3 Å². The summed E-state index contributed by atoms with van der Waals surface area (Å²) in [6.07, 6.45) is 17.4. The summed E-state index contributed by atoms with van der Waals surface area (Å²) >= 11 is 0. The predicted octanol–water partition coefficient (Wildman–Crippen LogP) is 4.84. The molecule has 0 spiro atoms. The van der Waals surface area contributed by atoms with Crippen LogP contribution in [0.3, 0.4) is 0 Å². The number of carbonyl (C=O) groups excluding carboxylic acids is 2. The minimum Gasteiger partial charge on any atom is -0.310 e. The highest BCUT2D eigenvalue weighted by atomic mass is 16.2. The molecule has 8 aliphatic rings. The molecule has 6 heteroatoms. The van der Waals surface area contributed by atoms with Gasteiger partial charge in [0.2, 0.25) is 11.8 Å². The zero-order valence-corrected chi connectivity index (χ0v) is 20.7. The Hall–Kier alpha value is -1.98. The summed E-state index contributed by atoms with van der Waals surface area (Å²) in [5.74, 6) is 5.33. The van der Waals surface area contributed by atoms with Crippen LogP contribution >= 0.6 is 0 Å². The largest absolute Gasteiger partial charge is 0.310 e. The van der Waals surface area contributed by atoms with Gasteiger partial charge < -0.3 is 4.90 Å². The lowest BCUT2D eigenvalue weighted by Crippen LogP contribution is -2.55. The van der Waals surface area contributed by atoms with Crippen molar-refractivity contribution in [2.75, 3.05) is 23.9 Å². The Labute approximate surface area is 202 Å². The van der Waals surface area contributed by atoms with Gasteiger partial charge in [-0.15, -0.1) is 0 Å². The molecule has 182 valence electrons. The van der Waals surface area contributed by atoms with Crippen molar-refractivity contribution in [3.63, 3.8) is 0 Å². The van der Waals surface area contributed by atoms with E-state index >= 15 is 0 Å². The average molecular weight is 463 g/mol. The van der Waals surface area contributed by atoms with Gasteiger partial charge in [-0.2, -0.15) is 0 Å². The molecule has 0 radical (unpaired) electrons. The normalized spacial score (nSPS) is 43.2. The molecule has 0 atom stereocenters. The van der Waals surface area contributed by atoms with Crippen LogP contribution in [0.1, 0.15) is 77.0 Å². The molecule has 1 aromatic rings. The standard InChI is InChI=1S/C28H38N4O2/c1-31(25(33)27-9-17-3-18(10-27)5-19(4-17)11-27)23-15-29-16-30-24(23)32(2)26(34)28-12-20-6-21(13-28)8-22(7-20)14-28/h15-22H,3-14H2,1-2H3. The van der Waals surface area contributed by atoms with Gasteiger partial charge in [0.15, 0.2) is 5.82 Å². The molecular formula is C28H38N4O2. The Morgan fingerprint density at radius 2 is 1.09 bits per heavy atom. The van der Waals surface area contributed by atoms with Crippen molar-refractivity contribution in [3.8, 4) is 0 Å². The highest BCUT2D eigenvalue weighted by molar-refractivity contribution is 6.04. The van der Waals surface area contributed by atoms with Gasteiger partial charge in [-0.05, 0) is 113 Å². The Kier molecular flexibility index (Phi) is 4.56. The molecule has 0 N–H and O–H groups in total. The predicted molar refractivity (Wildman–Crippen MR) is 130 cm³/mol. The lowest BCUT2D eigenvalue weighted by Gasteiger charge is -2.56. The minimum atomic E-state index is -0.228. The molecule has 2 amide bonds. The van der Waals surface area contributed by atoms with E-state index in [2.05, 4.69) is 9.97 Å². The van der Waals surface area contributed by atoms with Crippen LogP contribution in [-0.4, -0.2) is 35.9 Å². The molecule has 0 aliphatic heterocycles. The van der Waals surface area contributed by atoms with Crippen LogP contribution in [0.4, 0.5) is 11.5 Å². The summed E-state index contributed by atoms with van der Waals surface area (Å²) in [5, 5.41) is 0. The Morgan fingerprint density at radius 3 is 1.50 bits per heavy atom. The number of carbonyl (C=O) groups is 2. The SMILES string of the molecule is CN(C(=O)C12CC3CC(CC(C3)C1)C2)c1cncnc1N(C)C(=O)C12CC3CC(CC(C3)C1)C2. The monoisotopic (exact) mass is 462 g/mol. The van der Waals surface area contributed by atoms with Gasteiger partial charge >= 0.3 is 0 Å². The second kappa shape index (κ2) is 7.27. The van der Waals surface area contributed by atoms with E-state index in [1.165, 1.54) is 44.9 Å². The summed E-state index contributed by atoms with van der Waals surface area (Å²) in [7, 11) is 3.75. The lowest BCUT2D eigenvalue weighted by atomic mass is 9.49. The first-order valence-corrected chi connectivity index (χ1v) is 13.7. The first-order chi connectivity index (χ1) is 16.3. The van der Waals surface area contributed by atoms with Crippen molar-refractivity contribution in [1.29, 1.82) is 0 Å². The second-order valence-electron chi connectivity index (χ2n) is 13.4. The van der Waals surface area contributed by atoms with Crippen LogP contribution in [0.15, 0.2) is 12.5 Å². The zero-order valence-electron chi connectivity index (χ0n) is 20.7. The number of nitrogens with zero attached hydrogens (tertiary/aromatic N) is 4. The summed E-state index contributed by atoms with van der Waals surface area (Å²) in [4.78, 5) is 40.5. The van der Waals surface area contributed by atoms with Gasteiger partial charge in [0.05, 0.1) is 17.0 Å². The maximum absolute atomic E-state index is 14.0. The number of hydrogen-bond acceptors (Lipinski definition) is 4. The molecule has 8 saturated carbocycles. The summed E-state index contributed by atoms with van der Waals surface area (Å²) < 4.78 is 0. The molecule has 0 aromatic carbocycles. The third-order valence-corrected chi connectivity index (χ3v) is 10.9. The van der Waals surface area contributed by atoms with E-state index in [4.69, 9.17) is 0 Å². The molecule has 9 rings (SSSR count). The summed E-state index contributed by atoms with van der Waals surface area (Å²) in [6.45, 7) is 0. The Bertz CT molecular complexity index is 883. The molecule has 8 bridgehead atoms. The quantitative estimate of drug-likeness (QED) is 0.642. The summed E-state index contributed by atoms with van der Waals surface area (Å²) in [6, 6.07) is 0. The van der Waals surface area contributed by atoms with Gasteiger partial charge in [0, 0.05) is 14.1 Å². The second-order valence-corrected chi connectivity index (χ2v) is 13.4. The minimum absolute atomic E-state index is 0.210. The van der Waals surface area contributed by atoms with Crippen LogP contribution < -0.4 is 9.80 Å². The van der Waals surface area contributed by atoms with E-state index in [9.17, 15) is 9.59 Å². The molecule has 0 saturated heterocycles. The van der Waals surface area contributed by atoms with Gasteiger partial charge in [0.25, 0.3) is 0 Å². The molecule has 1 aromatic heterocycles. The molecular weight excluding hydrogens is 424 g/mol. The number of anilines is 2. The van der Waals surface area contributed by atoms with Crippen LogP contribution in [0.2, 0.25) is 0 Å². The lowest BCUT2D eigenvalue weighted by molar-refractivity contribution is -0.143. The van der Waals surface area contributed by atoms with Crippen molar-refractivity contribution in [1.82, 2.24) is 9.97 Å². The van der Waals surface area contributed by atoms with Crippen LogP contribution in [0.25, 0.3) is 0 Å². The third kappa shape index (κ3) is 3.05. The summed E-state index contributed by atoms with van der Waals surface area (Å²) in [5.41, 5.74) is 0.233. The first kappa shape index (κ1) is 21.3. The van der Waals surface area contributed by atoms with Gasteiger partial charge in [-0.3, -0.25) is 14.5 Å². The maximum Gasteiger partial charge on any atom is 0.234 e. The Balaban J connectivity index is 1.17. The maximum atomic E-state index is 14.0. The fourth-order valence-corrected chi connectivity index (χ4v) is 10.5. The van der Waals surface area contributed by atoms with E-state index in [1.54, 1.807) is 16.0 Å². The van der Waals surface area contributed by atoms with Gasteiger partial charge in [-0.1, -0.05) is 0 Å². The zero-order chi connectivity index (χ0) is 23.2. The van der Waals surface area contributed by atoms with Crippen LogP contribution in [0, 0.1) is 46.3 Å². The fourth-order valence-electron chi connectivity index (χ4n) is 10.5. The Morgan fingerprint density at radius 1 is 0.706 bits per heavy atom. The molecule has 1 heterocycles.